The van der Waals surface area contributed by atoms with Crippen LogP contribution >= 0.6 is 0 Å². The van der Waals surface area contributed by atoms with Crippen molar-refractivity contribution < 1.29 is 14.3 Å². The summed E-state index contributed by atoms with van der Waals surface area (Å²) in [7, 11) is 1.95. The monoisotopic (exact) mass is 423 g/mol. The summed E-state index contributed by atoms with van der Waals surface area (Å²) in [5.74, 6) is 2.36. The van der Waals surface area contributed by atoms with Crippen molar-refractivity contribution in [3.8, 4) is 17.3 Å². The number of rotatable bonds is 6. The van der Waals surface area contributed by atoms with Crippen LogP contribution in [0.5, 0.6) is 5.75 Å². The van der Waals surface area contributed by atoms with Gasteiger partial charge in [-0.1, -0.05) is 0 Å². The van der Waals surface area contributed by atoms with Gasteiger partial charge in [-0.25, -0.2) is 9.97 Å². The molecule has 2 fully saturated rings. The van der Waals surface area contributed by atoms with E-state index in [4.69, 9.17) is 19.4 Å². The molecule has 164 valence electrons. The maximum atomic E-state index is 12.8. The second-order valence-corrected chi connectivity index (χ2v) is 8.60. The Morgan fingerprint density at radius 1 is 1.19 bits per heavy atom. The molecule has 0 spiro atoms. The fourth-order valence-electron chi connectivity index (χ4n) is 4.45. The maximum Gasteiger partial charge on any atom is 0.242 e. The number of carbonyl (C=O) groups excluding carboxylic acids is 1. The molecule has 0 saturated carbocycles. The van der Waals surface area contributed by atoms with Crippen LogP contribution in [0.15, 0.2) is 18.3 Å². The Bertz CT molecular complexity index is 956. The number of aryl methyl sites for hydroxylation is 1. The number of nitrogens with zero attached hydrogens (tertiary/aromatic N) is 5. The number of fused-ring (bicyclic) bond motifs is 1. The van der Waals surface area contributed by atoms with Crippen molar-refractivity contribution in [2.75, 3.05) is 44.8 Å². The van der Waals surface area contributed by atoms with Gasteiger partial charge in [0.05, 0.1) is 19.8 Å². The van der Waals surface area contributed by atoms with E-state index in [1.165, 1.54) is 6.42 Å². The van der Waals surface area contributed by atoms with E-state index in [-0.39, 0.29) is 12.0 Å². The van der Waals surface area contributed by atoms with Crippen LogP contribution in [-0.4, -0.2) is 71.8 Å². The summed E-state index contributed by atoms with van der Waals surface area (Å²) in [5.41, 5.74) is 2.92. The molecule has 0 unspecified atom stereocenters. The van der Waals surface area contributed by atoms with E-state index in [1.54, 1.807) is 6.20 Å². The Balaban J connectivity index is 1.39. The number of carbonyl (C=O) groups is 1. The minimum absolute atomic E-state index is 0.0960. The van der Waals surface area contributed by atoms with Gasteiger partial charge in [-0.15, -0.1) is 0 Å². The molecule has 3 aliphatic rings. The zero-order chi connectivity index (χ0) is 21.2. The highest BCUT2D eigenvalue weighted by molar-refractivity contribution is 5.81. The van der Waals surface area contributed by atoms with Crippen LogP contribution in [0.3, 0.4) is 0 Å². The van der Waals surface area contributed by atoms with Gasteiger partial charge in [0.2, 0.25) is 5.91 Å². The van der Waals surface area contributed by atoms with Gasteiger partial charge in [0.15, 0.2) is 5.82 Å². The largest absolute Gasteiger partial charge is 0.485 e. The molecule has 2 aromatic rings. The standard InChI is InChI=1S/C23H29N5O3/c1-27(13-21(29)28-10-3-2-4-11-28)23-18-6-5-7-19(18)25-22(26-23)20-12-16(8-9-24-20)31-17-14-30-15-17/h8-9,12,17H,2-7,10-11,13-15H2,1H3. The molecule has 0 N–H and O–H groups in total. The number of aromatic nitrogens is 3. The average Bonchev–Trinajstić information content (AvgIpc) is 3.25. The zero-order valence-corrected chi connectivity index (χ0v) is 18.0. The summed E-state index contributed by atoms with van der Waals surface area (Å²) in [6.45, 7) is 3.30. The summed E-state index contributed by atoms with van der Waals surface area (Å²) < 4.78 is 11.1. The van der Waals surface area contributed by atoms with E-state index < -0.39 is 0 Å². The first-order valence-electron chi connectivity index (χ1n) is 11.3. The van der Waals surface area contributed by atoms with Gasteiger partial charge < -0.3 is 19.3 Å². The molecule has 8 heteroatoms. The number of hydrogen-bond donors (Lipinski definition) is 0. The highest BCUT2D eigenvalue weighted by Crippen LogP contribution is 2.31. The number of likely N-dealkylation sites (tertiary alicyclic amines) is 1. The smallest absolute Gasteiger partial charge is 0.242 e. The number of likely N-dealkylation sites (N-methyl/N-ethyl adjacent to an activating group) is 1. The normalized spacial score (nSPS) is 18.4. The third-order valence-corrected chi connectivity index (χ3v) is 6.22. The molecule has 2 aromatic heterocycles. The number of amides is 1. The Kier molecular flexibility index (Phi) is 5.72. The minimum atomic E-state index is 0.0960. The lowest BCUT2D eigenvalue weighted by Crippen LogP contribution is -2.42. The molecule has 0 aromatic carbocycles. The first-order chi connectivity index (χ1) is 15.2. The molecule has 0 bridgehead atoms. The number of ether oxygens (including phenoxy) is 2. The highest BCUT2D eigenvalue weighted by atomic mass is 16.6. The van der Waals surface area contributed by atoms with E-state index in [2.05, 4.69) is 4.98 Å². The first-order valence-corrected chi connectivity index (χ1v) is 11.3. The number of piperidine rings is 1. The van der Waals surface area contributed by atoms with Crippen LogP contribution in [-0.2, 0) is 22.4 Å². The fraction of sp³-hybridized carbons (Fsp3) is 0.565. The third-order valence-electron chi connectivity index (χ3n) is 6.22. The predicted molar refractivity (Wildman–Crippen MR) is 116 cm³/mol. The lowest BCUT2D eigenvalue weighted by Gasteiger charge is -2.29. The minimum Gasteiger partial charge on any atom is -0.485 e. The van der Waals surface area contributed by atoms with Crippen LogP contribution in [0.25, 0.3) is 11.5 Å². The van der Waals surface area contributed by atoms with Crippen molar-refractivity contribution >= 4 is 11.7 Å². The summed E-state index contributed by atoms with van der Waals surface area (Å²) in [6, 6.07) is 3.73. The second-order valence-electron chi connectivity index (χ2n) is 8.60. The number of pyridine rings is 1. The van der Waals surface area contributed by atoms with Crippen molar-refractivity contribution in [2.24, 2.45) is 0 Å². The second kappa shape index (κ2) is 8.78. The Morgan fingerprint density at radius 2 is 2.03 bits per heavy atom. The Hall–Kier alpha value is -2.74. The molecule has 1 aliphatic carbocycles. The summed E-state index contributed by atoms with van der Waals surface area (Å²) >= 11 is 0. The molecular formula is C23H29N5O3. The topological polar surface area (TPSA) is 80.7 Å². The highest BCUT2D eigenvalue weighted by Gasteiger charge is 2.26. The van der Waals surface area contributed by atoms with Crippen LogP contribution in [0.4, 0.5) is 5.82 Å². The van der Waals surface area contributed by atoms with Gasteiger partial charge in [-0.05, 0) is 44.6 Å². The van der Waals surface area contributed by atoms with E-state index >= 15 is 0 Å². The lowest BCUT2D eigenvalue weighted by atomic mass is 10.1. The van der Waals surface area contributed by atoms with Gasteiger partial charge in [0.25, 0.3) is 0 Å². The van der Waals surface area contributed by atoms with Gasteiger partial charge in [-0.3, -0.25) is 9.78 Å². The van der Waals surface area contributed by atoms with E-state index in [1.807, 2.05) is 29.0 Å². The van der Waals surface area contributed by atoms with Gasteiger partial charge >= 0.3 is 0 Å². The van der Waals surface area contributed by atoms with Crippen molar-refractivity contribution in [3.05, 3.63) is 29.6 Å². The molecule has 0 radical (unpaired) electrons. The van der Waals surface area contributed by atoms with Crippen molar-refractivity contribution in [1.29, 1.82) is 0 Å². The van der Waals surface area contributed by atoms with Crippen LogP contribution < -0.4 is 9.64 Å². The van der Waals surface area contributed by atoms with Crippen molar-refractivity contribution in [3.63, 3.8) is 0 Å². The zero-order valence-electron chi connectivity index (χ0n) is 18.0. The Labute approximate surface area is 182 Å². The van der Waals surface area contributed by atoms with E-state index in [9.17, 15) is 4.79 Å². The summed E-state index contributed by atoms with van der Waals surface area (Å²) in [4.78, 5) is 31.0. The number of anilines is 1. The molecule has 0 atom stereocenters. The molecule has 2 saturated heterocycles. The molecule has 8 nitrogen and oxygen atoms in total. The quantitative estimate of drug-likeness (QED) is 0.705. The molecule has 2 aliphatic heterocycles. The van der Waals surface area contributed by atoms with Crippen LogP contribution in [0.1, 0.15) is 36.9 Å². The molecule has 4 heterocycles. The summed E-state index contributed by atoms with van der Waals surface area (Å²) in [5, 5.41) is 0. The third kappa shape index (κ3) is 4.35. The molecule has 5 rings (SSSR count). The first kappa shape index (κ1) is 20.2. The van der Waals surface area contributed by atoms with E-state index in [0.29, 0.717) is 31.3 Å². The van der Waals surface area contributed by atoms with Gasteiger partial charge in [-0.2, -0.15) is 0 Å². The van der Waals surface area contributed by atoms with Gasteiger partial charge in [0.1, 0.15) is 23.4 Å². The maximum absolute atomic E-state index is 12.8. The van der Waals surface area contributed by atoms with Crippen molar-refractivity contribution in [1.82, 2.24) is 19.9 Å². The Morgan fingerprint density at radius 3 is 2.81 bits per heavy atom. The van der Waals surface area contributed by atoms with Crippen LogP contribution in [0.2, 0.25) is 0 Å². The average molecular weight is 424 g/mol. The van der Waals surface area contributed by atoms with Gasteiger partial charge in [0, 0.05) is 43.7 Å². The van der Waals surface area contributed by atoms with Crippen LogP contribution in [0, 0.1) is 0 Å². The molecule has 31 heavy (non-hydrogen) atoms. The molecule has 1 amide bonds. The number of hydrogen-bond acceptors (Lipinski definition) is 7. The fourth-order valence-corrected chi connectivity index (χ4v) is 4.45. The SMILES string of the molecule is CN(CC(=O)N1CCCCC1)c1nc(-c2cc(OC3COC3)ccn2)nc2c1CCC2. The van der Waals surface area contributed by atoms with E-state index in [0.717, 1.165) is 68.0 Å². The molecular weight excluding hydrogens is 394 g/mol. The summed E-state index contributed by atoms with van der Waals surface area (Å²) in [6.07, 6.45) is 8.17. The predicted octanol–water partition coefficient (Wildman–Crippen LogP) is 2.25. The van der Waals surface area contributed by atoms with Crippen molar-refractivity contribution in [2.45, 2.75) is 44.6 Å². The lowest BCUT2D eigenvalue weighted by molar-refractivity contribution is -0.130.